The molecule has 188 valence electrons. The summed E-state index contributed by atoms with van der Waals surface area (Å²) in [6, 6.07) is 11.3. The van der Waals surface area contributed by atoms with Crippen LogP contribution < -0.4 is 20.3 Å². The van der Waals surface area contributed by atoms with E-state index >= 15 is 0 Å². The van der Waals surface area contributed by atoms with E-state index in [1.165, 1.54) is 25.0 Å². The van der Waals surface area contributed by atoms with Crippen molar-refractivity contribution in [1.29, 1.82) is 0 Å². The van der Waals surface area contributed by atoms with Crippen LogP contribution in [-0.2, 0) is 10.0 Å². The maximum Gasteiger partial charge on any atom is 0.257 e. The van der Waals surface area contributed by atoms with E-state index in [9.17, 15) is 18.0 Å². The Balaban J connectivity index is 1.60. The van der Waals surface area contributed by atoms with Crippen molar-refractivity contribution in [1.82, 2.24) is 10.0 Å². The zero-order chi connectivity index (χ0) is 25.4. The fourth-order valence-electron chi connectivity index (χ4n) is 4.57. The number of benzene rings is 2. The minimum atomic E-state index is -3.74. The van der Waals surface area contributed by atoms with Crippen LogP contribution in [0.2, 0.25) is 0 Å². The normalized spacial score (nSPS) is 17.2. The van der Waals surface area contributed by atoms with Crippen LogP contribution in [0.1, 0.15) is 67.2 Å². The highest BCUT2D eigenvalue weighted by Crippen LogP contribution is 2.54. The van der Waals surface area contributed by atoms with Crippen LogP contribution in [-0.4, -0.2) is 45.9 Å². The summed E-state index contributed by atoms with van der Waals surface area (Å²) in [5, 5.41) is 5.48. The van der Waals surface area contributed by atoms with Gasteiger partial charge in [0.05, 0.1) is 16.1 Å². The second-order valence-electron chi connectivity index (χ2n) is 10.6. The third-order valence-corrected chi connectivity index (χ3v) is 8.45. The molecular weight excluding hydrogens is 464 g/mol. The lowest BCUT2D eigenvalue weighted by molar-refractivity contribution is 0.0961. The lowest BCUT2D eigenvalue weighted by Gasteiger charge is -2.35. The summed E-state index contributed by atoms with van der Waals surface area (Å²) in [6.07, 6.45) is 4.71. The Morgan fingerprint density at radius 1 is 0.943 bits per heavy atom. The quantitative estimate of drug-likeness (QED) is 0.562. The summed E-state index contributed by atoms with van der Waals surface area (Å²) in [5.41, 5.74) is 1.88. The summed E-state index contributed by atoms with van der Waals surface area (Å²) in [5.74, 6) is -0.563. The minimum absolute atomic E-state index is 0.0752. The lowest BCUT2D eigenvalue weighted by Crippen LogP contribution is -2.40. The number of anilines is 2. The maximum atomic E-state index is 13.4. The van der Waals surface area contributed by atoms with E-state index in [-0.39, 0.29) is 16.7 Å². The molecule has 1 saturated carbocycles. The van der Waals surface area contributed by atoms with Crippen LogP contribution in [0.3, 0.4) is 0 Å². The van der Waals surface area contributed by atoms with Crippen LogP contribution in [0.5, 0.6) is 0 Å². The first-order valence-electron chi connectivity index (χ1n) is 12.0. The number of carbonyl (C=O) groups excluding carboxylic acids is 2. The van der Waals surface area contributed by atoms with Crippen molar-refractivity contribution in [2.45, 2.75) is 56.9 Å². The van der Waals surface area contributed by atoms with Crippen molar-refractivity contribution in [3.63, 3.8) is 0 Å². The summed E-state index contributed by atoms with van der Waals surface area (Å²) in [6.45, 7) is 6.98. The molecule has 0 atom stereocenters. The molecule has 1 aliphatic heterocycles. The molecule has 0 bridgehead atoms. The first kappa shape index (κ1) is 25.2. The second kappa shape index (κ2) is 9.28. The van der Waals surface area contributed by atoms with Gasteiger partial charge in [0.25, 0.3) is 11.8 Å². The molecule has 2 aliphatic rings. The molecule has 1 saturated heterocycles. The van der Waals surface area contributed by atoms with E-state index in [4.69, 9.17) is 0 Å². The van der Waals surface area contributed by atoms with Crippen molar-refractivity contribution < 1.29 is 18.0 Å². The molecule has 2 fully saturated rings. The molecule has 0 radical (unpaired) electrons. The largest absolute Gasteiger partial charge is 0.371 e. The zero-order valence-electron chi connectivity index (χ0n) is 20.8. The van der Waals surface area contributed by atoms with E-state index in [1.807, 2.05) is 0 Å². The maximum absolute atomic E-state index is 13.4. The second-order valence-corrected chi connectivity index (χ2v) is 12.3. The summed E-state index contributed by atoms with van der Waals surface area (Å²) < 4.78 is 28.1. The molecule has 1 spiro atoms. The Labute approximate surface area is 207 Å². The topological polar surface area (TPSA) is 108 Å². The fraction of sp³-hybridized carbons (Fsp3) is 0.462. The SMILES string of the molecule is CNC(=O)c1ccc(C(=O)Nc2cccc(S(=O)(=O)NC(C)(C)C)c2)c(N2CCC3(CC2)CC3)c1. The molecule has 0 unspecified atom stereocenters. The molecule has 2 aromatic carbocycles. The van der Waals surface area contributed by atoms with E-state index in [2.05, 4.69) is 20.3 Å². The monoisotopic (exact) mass is 498 g/mol. The third-order valence-electron chi connectivity index (χ3n) is 6.70. The van der Waals surface area contributed by atoms with E-state index in [0.717, 1.165) is 31.6 Å². The lowest BCUT2D eigenvalue weighted by atomic mass is 9.92. The van der Waals surface area contributed by atoms with Gasteiger partial charge in [-0.25, -0.2) is 13.1 Å². The summed E-state index contributed by atoms with van der Waals surface area (Å²) in [7, 11) is -2.16. The molecule has 2 amide bonds. The number of nitrogens with zero attached hydrogens (tertiary/aromatic N) is 1. The van der Waals surface area contributed by atoms with Gasteiger partial charge in [-0.1, -0.05) is 6.07 Å². The molecule has 4 rings (SSSR count). The molecule has 35 heavy (non-hydrogen) atoms. The molecule has 0 aromatic heterocycles. The first-order valence-corrected chi connectivity index (χ1v) is 13.5. The highest BCUT2D eigenvalue weighted by Gasteiger charge is 2.44. The van der Waals surface area contributed by atoms with Gasteiger partial charge < -0.3 is 15.5 Å². The van der Waals surface area contributed by atoms with E-state index < -0.39 is 15.6 Å². The number of nitrogens with one attached hydrogen (secondary N) is 3. The predicted molar refractivity (Wildman–Crippen MR) is 137 cm³/mol. The van der Waals surface area contributed by atoms with Crippen molar-refractivity contribution in [3.05, 3.63) is 53.6 Å². The summed E-state index contributed by atoms with van der Waals surface area (Å²) >= 11 is 0. The highest BCUT2D eigenvalue weighted by molar-refractivity contribution is 7.89. The first-order chi connectivity index (χ1) is 16.4. The molecule has 1 heterocycles. The molecular formula is C26H34N4O4S. The minimum Gasteiger partial charge on any atom is -0.371 e. The van der Waals surface area contributed by atoms with Gasteiger partial charge in [-0.2, -0.15) is 0 Å². The van der Waals surface area contributed by atoms with Gasteiger partial charge in [0.1, 0.15) is 0 Å². The smallest absolute Gasteiger partial charge is 0.257 e. The van der Waals surface area contributed by atoms with Gasteiger partial charge in [0, 0.05) is 36.9 Å². The van der Waals surface area contributed by atoms with E-state index in [0.29, 0.717) is 22.2 Å². The van der Waals surface area contributed by atoms with Gasteiger partial charge in [-0.15, -0.1) is 0 Å². The zero-order valence-corrected chi connectivity index (χ0v) is 21.6. The third kappa shape index (κ3) is 5.85. The van der Waals surface area contributed by atoms with Gasteiger partial charge in [-0.05, 0) is 88.3 Å². The number of rotatable bonds is 6. The molecule has 1 aliphatic carbocycles. The Kier molecular flexibility index (Phi) is 6.68. The molecule has 8 nitrogen and oxygen atoms in total. The van der Waals surface area contributed by atoms with Crippen LogP contribution in [0.25, 0.3) is 0 Å². The van der Waals surface area contributed by atoms with Crippen molar-refractivity contribution in [3.8, 4) is 0 Å². The predicted octanol–water partition coefficient (Wildman–Crippen LogP) is 3.76. The molecule has 9 heteroatoms. The number of hydrogen-bond donors (Lipinski definition) is 3. The number of piperidine rings is 1. The van der Waals surface area contributed by atoms with Crippen molar-refractivity contribution >= 4 is 33.2 Å². The van der Waals surface area contributed by atoms with Crippen molar-refractivity contribution in [2.24, 2.45) is 5.41 Å². The summed E-state index contributed by atoms with van der Waals surface area (Å²) in [4.78, 5) is 27.9. The average molecular weight is 499 g/mol. The van der Waals surface area contributed by atoms with Crippen LogP contribution >= 0.6 is 0 Å². The van der Waals surface area contributed by atoms with E-state index in [1.54, 1.807) is 58.2 Å². The Hall–Kier alpha value is -2.91. The standard InChI is InChI=1S/C26H34N4O4S/c1-25(2,3)29-35(33,34)20-7-5-6-19(17-20)28-24(32)21-9-8-18(23(31)27-4)16-22(21)30-14-12-26(10-11-26)13-15-30/h5-9,16-17,29H,10-15H2,1-4H3,(H,27,31)(H,28,32). The van der Waals surface area contributed by atoms with Gasteiger partial charge >= 0.3 is 0 Å². The number of sulfonamides is 1. The molecule has 2 aromatic rings. The molecule has 3 N–H and O–H groups in total. The number of amides is 2. The fourth-order valence-corrected chi connectivity index (χ4v) is 6.03. The van der Waals surface area contributed by atoms with Gasteiger partial charge in [0.2, 0.25) is 10.0 Å². The van der Waals surface area contributed by atoms with Crippen LogP contribution in [0, 0.1) is 5.41 Å². The Bertz CT molecular complexity index is 1240. The Morgan fingerprint density at radius 2 is 1.63 bits per heavy atom. The van der Waals surface area contributed by atoms with Gasteiger partial charge in [0.15, 0.2) is 0 Å². The Morgan fingerprint density at radius 3 is 2.23 bits per heavy atom. The number of hydrogen-bond acceptors (Lipinski definition) is 5. The number of carbonyl (C=O) groups is 2. The van der Waals surface area contributed by atoms with Crippen LogP contribution in [0.4, 0.5) is 11.4 Å². The van der Waals surface area contributed by atoms with Gasteiger partial charge in [-0.3, -0.25) is 9.59 Å². The highest BCUT2D eigenvalue weighted by atomic mass is 32.2. The van der Waals surface area contributed by atoms with Crippen LogP contribution in [0.15, 0.2) is 47.4 Å². The van der Waals surface area contributed by atoms with Crippen molar-refractivity contribution in [2.75, 3.05) is 30.4 Å². The average Bonchev–Trinajstić information content (AvgIpc) is 3.56.